The molecule has 1 aromatic rings. The van der Waals surface area contributed by atoms with Crippen molar-refractivity contribution in [3.8, 4) is 0 Å². The summed E-state index contributed by atoms with van der Waals surface area (Å²) >= 11 is 0. The van der Waals surface area contributed by atoms with Crippen LogP contribution < -0.4 is 10.6 Å². The van der Waals surface area contributed by atoms with Crippen molar-refractivity contribution >= 4 is 17.6 Å². The van der Waals surface area contributed by atoms with Crippen LogP contribution in [0.15, 0.2) is 12.1 Å². The second-order valence-electron chi connectivity index (χ2n) is 7.46. The first kappa shape index (κ1) is 15.9. The van der Waals surface area contributed by atoms with Gasteiger partial charge >= 0.3 is 6.09 Å². The van der Waals surface area contributed by atoms with Gasteiger partial charge in [0.1, 0.15) is 11.4 Å². The molecule has 1 fully saturated rings. The van der Waals surface area contributed by atoms with Crippen LogP contribution in [-0.2, 0) is 4.74 Å². The number of hydrogen-bond donors (Lipinski definition) is 2. The summed E-state index contributed by atoms with van der Waals surface area (Å²) in [6.07, 6.45) is 0.687. The number of carbonyl (C=O) groups excluding carboxylic acids is 1. The molecule has 1 amide bonds. The molecule has 6 heteroatoms. The molecule has 2 aliphatic heterocycles. The Kier molecular flexibility index (Phi) is 4.08. The fraction of sp³-hybridized carbons (Fsp3) is 0.647. The molecule has 23 heavy (non-hydrogen) atoms. The van der Waals surface area contributed by atoms with E-state index >= 15 is 0 Å². The number of fused-ring (bicyclic) bond motifs is 2. The summed E-state index contributed by atoms with van der Waals surface area (Å²) in [6.45, 7) is 9.94. The predicted molar refractivity (Wildman–Crippen MR) is 90.8 cm³/mol. The zero-order valence-corrected chi connectivity index (χ0v) is 14.3. The van der Waals surface area contributed by atoms with Crippen LogP contribution in [0.2, 0.25) is 0 Å². The van der Waals surface area contributed by atoms with Gasteiger partial charge in [-0.15, -0.1) is 0 Å². The van der Waals surface area contributed by atoms with Gasteiger partial charge in [0.25, 0.3) is 0 Å². The van der Waals surface area contributed by atoms with E-state index in [-0.39, 0.29) is 6.09 Å². The molecule has 2 N–H and O–H groups in total. The van der Waals surface area contributed by atoms with E-state index in [0.717, 1.165) is 30.2 Å². The van der Waals surface area contributed by atoms with Gasteiger partial charge in [-0.25, -0.2) is 9.78 Å². The summed E-state index contributed by atoms with van der Waals surface area (Å²) in [6, 6.07) is 4.40. The van der Waals surface area contributed by atoms with Crippen LogP contribution in [0.3, 0.4) is 0 Å². The van der Waals surface area contributed by atoms with Crippen LogP contribution >= 0.6 is 0 Å². The molecule has 0 radical (unpaired) electrons. The van der Waals surface area contributed by atoms with Crippen LogP contribution in [0.1, 0.15) is 32.9 Å². The van der Waals surface area contributed by atoms with Crippen molar-refractivity contribution in [3.63, 3.8) is 0 Å². The lowest BCUT2D eigenvalue weighted by atomic mass is 9.92. The van der Waals surface area contributed by atoms with E-state index in [9.17, 15) is 4.79 Å². The molecule has 1 aromatic heterocycles. The zero-order chi connectivity index (χ0) is 16.6. The van der Waals surface area contributed by atoms with E-state index in [1.54, 1.807) is 0 Å². The third kappa shape index (κ3) is 3.68. The second-order valence-corrected chi connectivity index (χ2v) is 7.46. The van der Waals surface area contributed by atoms with Gasteiger partial charge in [-0.2, -0.15) is 0 Å². The standard InChI is InChI=1S/C17H26N4O2/c1-11-5-6-14-15(19-11)20-13-7-8-21(10-12(13)9-18-14)16(22)23-17(2,3)4/h5-6,12-13,18H,7-10H2,1-4H3,(H,19,20). The number of piperidine rings is 1. The lowest BCUT2D eigenvalue weighted by Gasteiger charge is -2.38. The summed E-state index contributed by atoms with van der Waals surface area (Å²) < 4.78 is 5.50. The molecule has 2 atom stereocenters. The zero-order valence-electron chi connectivity index (χ0n) is 14.3. The Balaban J connectivity index is 1.68. The summed E-state index contributed by atoms with van der Waals surface area (Å²) in [4.78, 5) is 18.7. The molecule has 126 valence electrons. The van der Waals surface area contributed by atoms with Gasteiger partial charge in [0.05, 0.1) is 5.69 Å². The Morgan fingerprint density at radius 2 is 2.17 bits per heavy atom. The average molecular weight is 318 g/mol. The SMILES string of the molecule is Cc1ccc2c(n1)NC1CCN(C(=O)OC(C)(C)C)CC1CN2. The Hall–Kier alpha value is -1.98. The monoisotopic (exact) mass is 318 g/mol. The van der Waals surface area contributed by atoms with Crippen molar-refractivity contribution in [2.45, 2.75) is 45.8 Å². The van der Waals surface area contributed by atoms with Crippen molar-refractivity contribution in [1.29, 1.82) is 0 Å². The topological polar surface area (TPSA) is 66.5 Å². The van der Waals surface area contributed by atoms with Crippen molar-refractivity contribution in [2.75, 3.05) is 30.3 Å². The molecule has 3 rings (SSSR count). The molecule has 0 spiro atoms. The van der Waals surface area contributed by atoms with Crippen molar-refractivity contribution in [1.82, 2.24) is 9.88 Å². The minimum Gasteiger partial charge on any atom is -0.444 e. The fourth-order valence-electron chi connectivity index (χ4n) is 3.15. The highest BCUT2D eigenvalue weighted by atomic mass is 16.6. The number of ether oxygens (including phenoxy) is 1. The Morgan fingerprint density at radius 3 is 2.91 bits per heavy atom. The molecule has 0 aromatic carbocycles. The number of rotatable bonds is 0. The first-order valence-corrected chi connectivity index (χ1v) is 8.28. The van der Waals surface area contributed by atoms with E-state index < -0.39 is 5.60 Å². The highest BCUT2D eigenvalue weighted by molar-refractivity contribution is 5.69. The van der Waals surface area contributed by atoms with Gasteiger partial charge in [-0.05, 0) is 46.2 Å². The van der Waals surface area contributed by atoms with E-state index in [0.29, 0.717) is 25.0 Å². The van der Waals surface area contributed by atoms with Gasteiger partial charge in [0.2, 0.25) is 0 Å². The third-order valence-electron chi connectivity index (χ3n) is 4.30. The summed E-state index contributed by atoms with van der Waals surface area (Å²) in [5.74, 6) is 1.26. The lowest BCUT2D eigenvalue weighted by molar-refractivity contribution is 0.0163. The number of aryl methyl sites for hydroxylation is 1. The van der Waals surface area contributed by atoms with E-state index in [1.807, 2.05) is 38.7 Å². The van der Waals surface area contributed by atoms with Gasteiger partial charge < -0.3 is 20.3 Å². The molecule has 3 heterocycles. The number of aromatic nitrogens is 1. The van der Waals surface area contributed by atoms with E-state index in [1.165, 1.54) is 0 Å². The molecule has 6 nitrogen and oxygen atoms in total. The summed E-state index contributed by atoms with van der Waals surface area (Å²) in [5.41, 5.74) is 1.59. The van der Waals surface area contributed by atoms with Gasteiger partial charge in [-0.1, -0.05) is 0 Å². The molecule has 0 aliphatic carbocycles. The molecule has 1 saturated heterocycles. The fourth-order valence-corrected chi connectivity index (χ4v) is 3.15. The maximum absolute atomic E-state index is 12.3. The highest BCUT2D eigenvalue weighted by Crippen LogP contribution is 2.30. The molecule has 2 unspecified atom stereocenters. The largest absolute Gasteiger partial charge is 0.444 e. The smallest absolute Gasteiger partial charge is 0.410 e. The predicted octanol–water partition coefficient (Wildman–Crippen LogP) is 2.85. The number of nitrogens with one attached hydrogen (secondary N) is 2. The third-order valence-corrected chi connectivity index (χ3v) is 4.30. The average Bonchev–Trinajstić information content (AvgIpc) is 2.63. The summed E-state index contributed by atoms with van der Waals surface area (Å²) in [5, 5.41) is 7.01. The lowest BCUT2D eigenvalue weighted by Crippen LogP contribution is -2.51. The Morgan fingerprint density at radius 1 is 1.39 bits per heavy atom. The van der Waals surface area contributed by atoms with Gasteiger partial charge in [0, 0.05) is 37.3 Å². The van der Waals surface area contributed by atoms with Crippen LogP contribution in [0.4, 0.5) is 16.3 Å². The van der Waals surface area contributed by atoms with E-state index in [2.05, 4.69) is 21.7 Å². The van der Waals surface area contributed by atoms with Crippen LogP contribution in [0.5, 0.6) is 0 Å². The summed E-state index contributed by atoms with van der Waals surface area (Å²) in [7, 11) is 0. The number of carbonyl (C=O) groups is 1. The number of nitrogens with zero attached hydrogens (tertiary/aromatic N) is 2. The normalized spacial score (nSPS) is 23.7. The molecular weight excluding hydrogens is 292 g/mol. The van der Waals surface area contributed by atoms with E-state index in [4.69, 9.17) is 4.74 Å². The number of pyridine rings is 1. The maximum atomic E-state index is 12.3. The van der Waals surface area contributed by atoms with Crippen molar-refractivity contribution < 1.29 is 9.53 Å². The number of amides is 1. The first-order chi connectivity index (χ1) is 10.8. The van der Waals surface area contributed by atoms with Gasteiger partial charge in [0.15, 0.2) is 0 Å². The molecular formula is C17H26N4O2. The van der Waals surface area contributed by atoms with Crippen LogP contribution in [-0.4, -0.2) is 47.3 Å². The van der Waals surface area contributed by atoms with Crippen LogP contribution in [0.25, 0.3) is 0 Å². The Bertz CT molecular complexity index is 597. The highest BCUT2D eigenvalue weighted by Gasteiger charge is 2.35. The maximum Gasteiger partial charge on any atom is 0.410 e. The van der Waals surface area contributed by atoms with Crippen molar-refractivity contribution in [2.24, 2.45) is 5.92 Å². The van der Waals surface area contributed by atoms with Gasteiger partial charge in [-0.3, -0.25) is 0 Å². The first-order valence-electron chi connectivity index (χ1n) is 8.28. The second kappa shape index (κ2) is 5.91. The number of likely N-dealkylation sites (tertiary alicyclic amines) is 1. The van der Waals surface area contributed by atoms with Crippen LogP contribution in [0, 0.1) is 12.8 Å². The quantitative estimate of drug-likeness (QED) is 0.770. The Labute approximate surface area is 137 Å². The number of hydrogen-bond acceptors (Lipinski definition) is 5. The molecule has 0 bridgehead atoms. The molecule has 0 saturated carbocycles. The molecule has 2 aliphatic rings. The van der Waals surface area contributed by atoms with Crippen molar-refractivity contribution in [3.05, 3.63) is 17.8 Å². The minimum atomic E-state index is -0.453. The minimum absolute atomic E-state index is 0.216. The number of anilines is 2.